The average Bonchev–Trinajstić information content (AvgIpc) is 3.92. The Labute approximate surface area is 532 Å². The Bertz CT molecular complexity index is 2760. The van der Waals surface area contributed by atoms with Gasteiger partial charge in [0.15, 0.2) is 0 Å². The maximum absolute atomic E-state index is 2.38. The van der Waals surface area contributed by atoms with Gasteiger partial charge in [-0.25, -0.2) is 0 Å². The van der Waals surface area contributed by atoms with Crippen LogP contribution in [0.1, 0.15) is 172 Å². The Balaban J connectivity index is -0.000000459. The van der Waals surface area contributed by atoms with Crippen LogP contribution in [-0.2, 0) is 0 Å². The zero-order chi connectivity index (χ0) is 53.2. The van der Waals surface area contributed by atoms with E-state index in [2.05, 4.69) is 296 Å². The fourth-order valence-corrected chi connectivity index (χ4v) is 10.7. The molecule has 2 aliphatic carbocycles. The highest BCUT2D eigenvalue weighted by Gasteiger charge is 2.25. The SMILES string of the molecule is C.C.C.C.C.C.C.C.C.C.CC1CCCC1c1ccccc1.CC1CCCC1c1ccccc1.Cc1ccccc1-c1ccccc1.Cc1ccccc1-c1ccccc1.Cc1ccccc1-c1ccccc1.Cc1ccccc1-c1ccccc1. The molecular weight excluding hydrogens is 1030 g/mol. The van der Waals surface area contributed by atoms with Crippen LogP contribution in [0.2, 0.25) is 0 Å². The van der Waals surface area contributed by atoms with Gasteiger partial charge in [-0.3, -0.25) is 0 Å². The predicted molar refractivity (Wildman–Crippen MR) is 398 cm³/mol. The summed E-state index contributed by atoms with van der Waals surface area (Å²) in [4.78, 5) is 0. The van der Waals surface area contributed by atoms with Crippen molar-refractivity contribution < 1.29 is 0 Å². The Kier molecular flexibility index (Phi) is 45.8. The molecule has 10 aromatic rings. The first-order chi connectivity index (χ1) is 37.3. The Morgan fingerprint density at radius 1 is 0.209 bits per heavy atom. The molecule has 0 amide bonds. The number of aryl methyl sites for hydroxylation is 4. The molecule has 0 saturated heterocycles. The highest BCUT2D eigenvalue weighted by molar-refractivity contribution is 5.69. The van der Waals surface area contributed by atoms with Gasteiger partial charge in [0.1, 0.15) is 0 Å². The summed E-state index contributed by atoms with van der Waals surface area (Å²) in [5.74, 6) is 3.47. The molecular formula is C86H120. The van der Waals surface area contributed by atoms with E-state index in [1.165, 1.54) is 105 Å². The molecule has 12 rings (SSSR count). The average molecular weight is 1150 g/mol. The zero-order valence-electron chi connectivity index (χ0n) is 46.1. The number of hydrogen-bond acceptors (Lipinski definition) is 0. The van der Waals surface area contributed by atoms with Crippen molar-refractivity contribution in [3.63, 3.8) is 0 Å². The minimum Gasteiger partial charge on any atom is -0.0776 e. The highest BCUT2D eigenvalue weighted by Crippen LogP contribution is 2.40. The van der Waals surface area contributed by atoms with Crippen molar-refractivity contribution in [2.75, 3.05) is 0 Å². The molecule has 0 aliphatic heterocycles. The molecule has 86 heavy (non-hydrogen) atoms. The number of benzene rings is 10. The van der Waals surface area contributed by atoms with Crippen molar-refractivity contribution in [2.24, 2.45) is 11.8 Å². The van der Waals surface area contributed by atoms with Gasteiger partial charge in [0.25, 0.3) is 0 Å². The van der Waals surface area contributed by atoms with Crippen LogP contribution in [0.3, 0.4) is 0 Å². The van der Waals surface area contributed by atoms with Crippen LogP contribution < -0.4 is 0 Å². The fourth-order valence-electron chi connectivity index (χ4n) is 10.7. The second kappa shape index (κ2) is 46.5. The molecule has 4 atom stereocenters. The monoisotopic (exact) mass is 1150 g/mol. The maximum Gasteiger partial charge on any atom is -0.0136 e. The highest BCUT2D eigenvalue weighted by atomic mass is 14.3. The van der Waals surface area contributed by atoms with E-state index in [-0.39, 0.29) is 74.3 Å². The lowest BCUT2D eigenvalue weighted by Crippen LogP contribution is -2.00. The first kappa shape index (κ1) is 84.7. The summed E-state index contributed by atoms with van der Waals surface area (Å²) in [5, 5.41) is 0. The second-order valence-corrected chi connectivity index (χ2v) is 20.6. The van der Waals surface area contributed by atoms with Crippen molar-refractivity contribution in [1.29, 1.82) is 0 Å². The van der Waals surface area contributed by atoms with Crippen LogP contribution in [0.15, 0.2) is 279 Å². The smallest absolute Gasteiger partial charge is 0.0136 e. The van der Waals surface area contributed by atoms with Crippen LogP contribution in [0.25, 0.3) is 44.5 Å². The molecule has 0 spiro atoms. The van der Waals surface area contributed by atoms with E-state index in [1.54, 1.807) is 11.1 Å². The molecule has 0 nitrogen and oxygen atoms in total. The van der Waals surface area contributed by atoms with Crippen LogP contribution in [0, 0.1) is 39.5 Å². The molecule has 0 bridgehead atoms. The maximum atomic E-state index is 2.38. The van der Waals surface area contributed by atoms with E-state index >= 15 is 0 Å². The minimum absolute atomic E-state index is 0. The van der Waals surface area contributed by atoms with E-state index in [1.807, 2.05) is 24.3 Å². The summed E-state index contributed by atoms with van der Waals surface area (Å²) in [6, 6.07) is 97.6. The summed E-state index contributed by atoms with van der Waals surface area (Å²) >= 11 is 0. The molecule has 0 radical (unpaired) electrons. The third kappa shape index (κ3) is 26.2. The van der Waals surface area contributed by atoms with Gasteiger partial charge in [-0.15, -0.1) is 0 Å². The number of rotatable bonds is 6. The summed E-state index contributed by atoms with van der Waals surface area (Å²) < 4.78 is 0. The molecule has 464 valence electrons. The Morgan fingerprint density at radius 3 is 0.558 bits per heavy atom. The Morgan fingerprint density at radius 2 is 0.384 bits per heavy atom. The molecule has 4 unspecified atom stereocenters. The van der Waals surface area contributed by atoms with Gasteiger partial charge in [-0.1, -0.05) is 393 Å². The van der Waals surface area contributed by atoms with Gasteiger partial charge < -0.3 is 0 Å². The van der Waals surface area contributed by atoms with Crippen molar-refractivity contribution in [2.45, 2.75) is 166 Å². The summed E-state index contributed by atoms with van der Waals surface area (Å²) in [7, 11) is 0. The van der Waals surface area contributed by atoms with Gasteiger partial charge >= 0.3 is 0 Å². The summed E-state index contributed by atoms with van der Waals surface area (Å²) in [5.41, 5.74) is 18.9. The third-order valence-corrected chi connectivity index (χ3v) is 15.1. The van der Waals surface area contributed by atoms with Crippen molar-refractivity contribution in [3.8, 4) is 44.5 Å². The molecule has 0 aromatic heterocycles. The normalized spacial score (nSPS) is 14.1. The number of hydrogen-bond donors (Lipinski definition) is 0. The molecule has 10 aromatic carbocycles. The van der Waals surface area contributed by atoms with Crippen molar-refractivity contribution in [1.82, 2.24) is 0 Å². The largest absolute Gasteiger partial charge is 0.0776 e. The predicted octanol–water partition coefficient (Wildman–Crippen LogP) is 28.2. The minimum atomic E-state index is 0. The van der Waals surface area contributed by atoms with Crippen LogP contribution in [0.4, 0.5) is 0 Å². The summed E-state index contributed by atoms with van der Waals surface area (Å²) in [6.07, 6.45) is 8.46. The molecule has 2 fully saturated rings. The quantitative estimate of drug-likeness (QED) is 0.156. The summed E-state index contributed by atoms with van der Waals surface area (Å²) in [6.45, 7) is 13.3. The lowest BCUT2D eigenvalue weighted by Gasteiger charge is -2.14. The standard InChI is InChI=1S/4C13H12.2C12H16.10CH4/c4*1-11-7-5-6-10-13(11)12-8-3-2-4-9-12;2*1-10-6-5-9-12(10)11-7-3-2-4-8-11;;;;;;;;;;/h4*2-10H,1H3;2*2-4,7-8,10,12H,5-6,9H2,1H3;10*1H4. The lowest BCUT2D eigenvalue weighted by atomic mass is 9.90. The topological polar surface area (TPSA) is 0 Å². The van der Waals surface area contributed by atoms with Crippen LogP contribution in [-0.4, -0.2) is 0 Å². The van der Waals surface area contributed by atoms with Gasteiger partial charge in [-0.05, 0) is 142 Å². The van der Waals surface area contributed by atoms with E-state index in [4.69, 9.17) is 0 Å². The molecule has 0 heterocycles. The molecule has 0 heteroatoms. The first-order valence-electron chi connectivity index (χ1n) is 27.8. The van der Waals surface area contributed by atoms with Gasteiger partial charge in [0.2, 0.25) is 0 Å². The van der Waals surface area contributed by atoms with Crippen LogP contribution in [0.5, 0.6) is 0 Å². The van der Waals surface area contributed by atoms with E-state index in [0.29, 0.717) is 0 Å². The van der Waals surface area contributed by atoms with Crippen molar-refractivity contribution in [3.05, 3.63) is 312 Å². The van der Waals surface area contributed by atoms with Gasteiger partial charge in [0.05, 0.1) is 0 Å². The fraction of sp³-hybridized carbons (Fsp3) is 0.302. The van der Waals surface area contributed by atoms with Gasteiger partial charge in [-0.2, -0.15) is 0 Å². The zero-order valence-corrected chi connectivity index (χ0v) is 46.1. The second-order valence-electron chi connectivity index (χ2n) is 20.6. The van der Waals surface area contributed by atoms with Crippen LogP contribution >= 0.6 is 0 Å². The van der Waals surface area contributed by atoms with Gasteiger partial charge in [0, 0.05) is 0 Å². The first-order valence-corrected chi connectivity index (χ1v) is 27.8. The molecule has 2 saturated carbocycles. The van der Waals surface area contributed by atoms with E-state index in [9.17, 15) is 0 Å². The molecule has 0 N–H and O–H groups in total. The Hall–Kier alpha value is -7.80. The van der Waals surface area contributed by atoms with E-state index < -0.39 is 0 Å². The lowest BCUT2D eigenvalue weighted by molar-refractivity contribution is 0.533. The molecule has 2 aliphatic rings. The third-order valence-electron chi connectivity index (χ3n) is 15.1. The van der Waals surface area contributed by atoms with Crippen molar-refractivity contribution >= 4 is 0 Å². The van der Waals surface area contributed by atoms with E-state index in [0.717, 1.165) is 23.7 Å².